The highest BCUT2D eigenvalue weighted by Crippen LogP contribution is 2.25. The highest BCUT2D eigenvalue weighted by Gasteiger charge is 2.30. The van der Waals surface area contributed by atoms with Crippen LogP contribution in [0.3, 0.4) is 0 Å². The quantitative estimate of drug-likeness (QED) is 0.484. The number of carbonyl (C=O) groups is 1. The Hall–Kier alpha value is -1.91. The summed E-state index contributed by atoms with van der Waals surface area (Å²) >= 11 is 0. The molecule has 2 rings (SSSR count). The summed E-state index contributed by atoms with van der Waals surface area (Å²) in [6.07, 6.45) is 4.48. The normalized spacial score (nSPS) is 26.8. The van der Waals surface area contributed by atoms with Crippen molar-refractivity contribution in [2.24, 2.45) is 11.7 Å². The number of rotatable bonds is 3. The molecule has 1 aromatic carbocycles. The Morgan fingerprint density at radius 1 is 1.39 bits per heavy atom. The Kier molecular flexibility index (Phi) is 3.32. The molecule has 0 saturated heterocycles. The summed E-state index contributed by atoms with van der Waals surface area (Å²) in [4.78, 5) is 12.2. The summed E-state index contributed by atoms with van der Waals surface area (Å²) in [5.41, 5.74) is 5.20. The van der Waals surface area contributed by atoms with Crippen LogP contribution in [0.2, 0.25) is 0 Å². The van der Waals surface area contributed by atoms with Crippen LogP contribution in [0.4, 0.5) is 0 Å². The molecule has 0 aliphatic heterocycles. The van der Waals surface area contributed by atoms with Gasteiger partial charge in [-0.2, -0.15) is 0 Å². The van der Waals surface area contributed by atoms with E-state index in [-0.39, 0.29) is 11.5 Å². The first kappa shape index (κ1) is 12.5. The topological polar surface area (TPSA) is 72.5 Å². The molecule has 0 spiro atoms. The van der Waals surface area contributed by atoms with Gasteiger partial charge in [-0.1, -0.05) is 36.4 Å². The zero-order valence-corrected chi connectivity index (χ0v) is 10.0. The van der Waals surface area contributed by atoms with E-state index in [9.17, 15) is 9.90 Å². The number of hydrogen-bond donors (Lipinski definition) is 2. The second kappa shape index (κ2) is 4.76. The van der Waals surface area contributed by atoms with E-state index in [0.29, 0.717) is 5.56 Å². The van der Waals surface area contributed by atoms with Gasteiger partial charge in [0.25, 0.3) is 0 Å². The summed E-state index contributed by atoms with van der Waals surface area (Å²) in [6.45, 7) is 0. The Morgan fingerprint density at radius 3 is 2.61 bits per heavy atom. The molecular formula is C14H15NO3. The van der Waals surface area contributed by atoms with Gasteiger partial charge in [0.05, 0.1) is 5.92 Å². The van der Waals surface area contributed by atoms with Gasteiger partial charge in [-0.15, -0.1) is 0 Å². The van der Waals surface area contributed by atoms with Gasteiger partial charge in [-0.3, -0.25) is 10.5 Å². The minimum Gasteiger partial charge on any atom is -0.511 e. The number of aliphatic hydroxyl groups excluding tert-OH is 1. The number of benzene rings is 1. The van der Waals surface area contributed by atoms with E-state index in [0.717, 1.165) is 0 Å². The molecule has 0 aromatic heterocycles. The molecule has 2 atom stereocenters. The predicted octanol–water partition coefficient (Wildman–Crippen LogP) is 1.80. The van der Waals surface area contributed by atoms with E-state index in [4.69, 9.17) is 10.5 Å². The van der Waals surface area contributed by atoms with Crippen molar-refractivity contribution < 1.29 is 14.6 Å². The Balaban J connectivity index is 2.25. The Bertz CT molecular complexity index is 507. The number of allylic oxidation sites excluding steroid dienone is 1. The molecule has 0 radical (unpaired) electrons. The van der Waals surface area contributed by atoms with E-state index in [1.165, 1.54) is 13.2 Å². The minimum absolute atomic E-state index is 0.0873. The van der Waals surface area contributed by atoms with Crippen molar-refractivity contribution in [3.63, 3.8) is 0 Å². The van der Waals surface area contributed by atoms with Crippen LogP contribution in [0.1, 0.15) is 10.4 Å². The van der Waals surface area contributed by atoms with E-state index >= 15 is 0 Å². The van der Waals surface area contributed by atoms with Gasteiger partial charge in [0, 0.05) is 18.7 Å². The maximum absolute atomic E-state index is 12.2. The maximum atomic E-state index is 12.2. The third kappa shape index (κ3) is 2.34. The largest absolute Gasteiger partial charge is 0.511 e. The maximum Gasteiger partial charge on any atom is 0.177 e. The van der Waals surface area contributed by atoms with Gasteiger partial charge in [0.1, 0.15) is 5.76 Å². The second-order valence-electron chi connectivity index (χ2n) is 4.19. The summed E-state index contributed by atoms with van der Waals surface area (Å²) in [5.74, 6) is -0.950. The predicted molar refractivity (Wildman–Crippen MR) is 68.0 cm³/mol. The summed E-state index contributed by atoms with van der Waals surface area (Å²) in [6, 6.07) is 8.82. The molecule has 0 fully saturated rings. The van der Waals surface area contributed by atoms with Crippen molar-refractivity contribution in [2.45, 2.75) is 5.72 Å². The molecule has 4 nitrogen and oxygen atoms in total. The third-order valence-electron chi connectivity index (χ3n) is 2.94. The molecule has 0 saturated carbocycles. The number of nitrogens with two attached hydrogens (primary N) is 1. The first-order chi connectivity index (χ1) is 8.56. The molecule has 2 unspecified atom stereocenters. The van der Waals surface area contributed by atoms with Crippen LogP contribution >= 0.6 is 0 Å². The van der Waals surface area contributed by atoms with E-state index in [1.54, 1.807) is 36.4 Å². The molecule has 4 heteroatoms. The van der Waals surface area contributed by atoms with Crippen molar-refractivity contribution in [2.75, 3.05) is 7.11 Å². The lowest BCUT2D eigenvalue weighted by Crippen LogP contribution is -2.40. The first-order valence-corrected chi connectivity index (χ1v) is 5.60. The molecule has 1 aliphatic carbocycles. The lowest BCUT2D eigenvalue weighted by molar-refractivity contribution is 0.0708. The average Bonchev–Trinajstić information content (AvgIpc) is 2.39. The molecule has 0 bridgehead atoms. The highest BCUT2D eigenvalue weighted by molar-refractivity contribution is 6.00. The second-order valence-corrected chi connectivity index (χ2v) is 4.19. The van der Waals surface area contributed by atoms with E-state index in [1.807, 2.05) is 6.07 Å². The van der Waals surface area contributed by atoms with Crippen molar-refractivity contribution in [1.82, 2.24) is 0 Å². The average molecular weight is 245 g/mol. The number of ketones is 1. The van der Waals surface area contributed by atoms with Gasteiger partial charge in [0.2, 0.25) is 0 Å². The summed E-state index contributed by atoms with van der Waals surface area (Å²) in [5, 5.41) is 9.90. The van der Waals surface area contributed by atoms with Crippen LogP contribution in [0, 0.1) is 5.92 Å². The SMILES string of the molecule is COC1(N)C=CC(C(=O)c2ccccc2)C(O)=C1. The molecule has 3 N–H and O–H groups in total. The number of aliphatic hydroxyl groups is 1. The number of carbonyl (C=O) groups excluding carboxylic acids is 1. The van der Waals surface area contributed by atoms with Crippen LogP contribution < -0.4 is 5.73 Å². The number of hydrogen-bond acceptors (Lipinski definition) is 4. The molecule has 18 heavy (non-hydrogen) atoms. The van der Waals surface area contributed by atoms with Crippen LogP contribution in [0.15, 0.2) is 54.3 Å². The molecule has 1 aliphatic rings. The Labute approximate surface area is 105 Å². The number of Topliss-reactive ketones (excluding diaryl/α,β-unsaturated/α-hetero) is 1. The van der Waals surface area contributed by atoms with Crippen molar-refractivity contribution in [3.8, 4) is 0 Å². The third-order valence-corrected chi connectivity index (χ3v) is 2.94. The van der Waals surface area contributed by atoms with Crippen molar-refractivity contribution in [1.29, 1.82) is 0 Å². The van der Waals surface area contributed by atoms with E-state index < -0.39 is 11.6 Å². The van der Waals surface area contributed by atoms with Gasteiger partial charge < -0.3 is 9.84 Å². The lowest BCUT2D eigenvalue weighted by atomic mass is 9.89. The van der Waals surface area contributed by atoms with Crippen LogP contribution in [0.25, 0.3) is 0 Å². The first-order valence-electron chi connectivity index (χ1n) is 5.60. The van der Waals surface area contributed by atoms with Crippen LogP contribution in [-0.4, -0.2) is 23.7 Å². The fourth-order valence-electron chi connectivity index (χ4n) is 1.84. The molecule has 0 heterocycles. The molecule has 0 amide bonds. The smallest absolute Gasteiger partial charge is 0.177 e. The van der Waals surface area contributed by atoms with Crippen molar-refractivity contribution >= 4 is 5.78 Å². The van der Waals surface area contributed by atoms with Crippen LogP contribution in [0.5, 0.6) is 0 Å². The number of ether oxygens (including phenoxy) is 1. The summed E-state index contributed by atoms with van der Waals surface area (Å²) in [7, 11) is 1.44. The highest BCUT2D eigenvalue weighted by atomic mass is 16.5. The Morgan fingerprint density at radius 2 is 2.06 bits per heavy atom. The molecular weight excluding hydrogens is 230 g/mol. The van der Waals surface area contributed by atoms with E-state index in [2.05, 4.69) is 0 Å². The fraction of sp³-hybridized carbons (Fsp3) is 0.214. The lowest BCUT2D eigenvalue weighted by Gasteiger charge is -2.26. The van der Waals surface area contributed by atoms with Gasteiger partial charge >= 0.3 is 0 Å². The zero-order valence-electron chi connectivity index (χ0n) is 10.0. The van der Waals surface area contributed by atoms with Gasteiger partial charge in [-0.05, 0) is 6.08 Å². The molecule has 94 valence electrons. The standard InChI is InChI=1S/C14H15NO3/c1-18-14(15)8-7-11(12(16)9-14)13(17)10-5-3-2-4-6-10/h2-9,11,16H,15H2,1H3. The fourth-order valence-corrected chi connectivity index (χ4v) is 1.84. The van der Waals surface area contributed by atoms with Crippen molar-refractivity contribution in [3.05, 3.63) is 59.9 Å². The molecule has 1 aromatic rings. The number of methoxy groups -OCH3 is 1. The van der Waals surface area contributed by atoms with Crippen LogP contribution in [-0.2, 0) is 4.74 Å². The van der Waals surface area contributed by atoms with Gasteiger partial charge in [-0.25, -0.2) is 0 Å². The minimum atomic E-state index is -1.14. The zero-order chi connectivity index (χ0) is 13.2. The summed E-state index contributed by atoms with van der Waals surface area (Å²) < 4.78 is 5.03. The van der Waals surface area contributed by atoms with Gasteiger partial charge in [0.15, 0.2) is 11.5 Å². The monoisotopic (exact) mass is 245 g/mol.